The Kier molecular flexibility index (Phi) is 16.7. The monoisotopic (exact) mass is 488 g/mol. The molecular weight excluding hydrogens is 448 g/mol. The molecule has 0 aromatic carbocycles. The summed E-state index contributed by atoms with van der Waals surface area (Å²) < 4.78 is 14.2. The van der Waals surface area contributed by atoms with Gasteiger partial charge in [-0.25, -0.2) is 0 Å². The molecule has 0 bridgehead atoms. The zero-order valence-electron chi connectivity index (χ0n) is 20.6. The molecule has 0 amide bonds. The number of aliphatic hydroxyl groups is 2. The van der Waals surface area contributed by atoms with E-state index in [-0.39, 0.29) is 35.8 Å². The molecule has 0 saturated heterocycles. The van der Waals surface area contributed by atoms with Crippen LogP contribution in [0, 0.1) is 11.8 Å². The summed E-state index contributed by atoms with van der Waals surface area (Å²) in [7, 11) is 0. The van der Waals surface area contributed by atoms with Crippen LogP contribution in [-0.2, 0) is 28.6 Å². The first-order valence-corrected chi connectivity index (χ1v) is 11.7. The number of carbonyl (C=O) groups excluding carboxylic acids is 3. The largest absolute Gasteiger partial charge is 0.466 e. The van der Waals surface area contributed by atoms with Gasteiger partial charge in [0.05, 0.1) is 49.9 Å². The van der Waals surface area contributed by atoms with Crippen LogP contribution in [-0.4, -0.2) is 72.2 Å². The van der Waals surface area contributed by atoms with Crippen LogP contribution in [0.1, 0.15) is 66.2 Å². The third kappa shape index (κ3) is 12.7. The van der Waals surface area contributed by atoms with Gasteiger partial charge in [-0.1, -0.05) is 5.11 Å². The summed E-state index contributed by atoms with van der Waals surface area (Å²) in [5.41, 5.74) is 13.9. The molecule has 2 fully saturated rings. The molecule has 2 aliphatic rings. The molecule has 34 heavy (non-hydrogen) atoms. The van der Waals surface area contributed by atoms with Crippen molar-refractivity contribution in [2.75, 3.05) is 19.8 Å². The van der Waals surface area contributed by atoms with E-state index in [2.05, 4.69) is 14.8 Å². The molecule has 196 valence electrons. The fourth-order valence-electron chi connectivity index (χ4n) is 3.66. The highest BCUT2D eigenvalue weighted by Gasteiger charge is 2.33. The quantitative estimate of drug-likeness (QED) is 0.165. The Labute approximate surface area is 200 Å². The molecule has 12 heteroatoms. The summed E-state index contributed by atoms with van der Waals surface area (Å²) in [5, 5.41) is 22.3. The topological polar surface area (TPSA) is 194 Å². The number of aliphatic hydroxyl groups excluding tert-OH is 2. The molecule has 2 aliphatic carbocycles. The predicted octanol–water partition coefficient (Wildman–Crippen LogP) is 2.00. The van der Waals surface area contributed by atoms with Crippen LogP contribution in [0.15, 0.2) is 5.11 Å². The van der Waals surface area contributed by atoms with Gasteiger partial charge in [-0.3, -0.25) is 14.4 Å². The van der Waals surface area contributed by atoms with Crippen molar-refractivity contribution in [3.05, 3.63) is 10.4 Å². The number of hydrogen-bond donors (Lipinski definition) is 3. The molecule has 0 radical (unpaired) electrons. The molecule has 2 saturated carbocycles. The Morgan fingerprint density at radius 1 is 0.882 bits per heavy atom. The van der Waals surface area contributed by atoms with Crippen LogP contribution in [0.25, 0.3) is 10.4 Å². The molecule has 0 aromatic rings. The Morgan fingerprint density at radius 3 is 1.74 bits per heavy atom. The lowest BCUT2D eigenvalue weighted by Gasteiger charge is -2.29. The van der Waals surface area contributed by atoms with Crippen LogP contribution in [0.2, 0.25) is 0 Å². The number of nitrogens with two attached hydrogens (primary N) is 1. The van der Waals surface area contributed by atoms with E-state index in [1.54, 1.807) is 20.8 Å². The summed E-state index contributed by atoms with van der Waals surface area (Å²) in [4.78, 5) is 35.2. The molecule has 12 nitrogen and oxygen atoms in total. The second-order valence-electron chi connectivity index (χ2n) is 8.02. The van der Waals surface area contributed by atoms with Crippen LogP contribution >= 0.6 is 0 Å². The van der Waals surface area contributed by atoms with Crippen molar-refractivity contribution in [1.82, 2.24) is 0 Å². The minimum Gasteiger partial charge on any atom is -0.466 e. The lowest BCUT2D eigenvalue weighted by atomic mass is 9.84. The van der Waals surface area contributed by atoms with Gasteiger partial charge in [0.1, 0.15) is 0 Å². The van der Waals surface area contributed by atoms with Crippen molar-refractivity contribution >= 4 is 17.9 Å². The maximum atomic E-state index is 11.4. The van der Waals surface area contributed by atoms with Gasteiger partial charge in [-0.05, 0) is 64.8 Å². The van der Waals surface area contributed by atoms with Gasteiger partial charge in [0, 0.05) is 17.9 Å². The summed E-state index contributed by atoms with van der Waals surface area (Å²) >= 11 is 0. The summed E-state index contributed by atoms with van der Waals surface area (Å²) in [6, 6.07) is -0.777. The highest BCUT2D eigenvalue weighted by Crippen LogP contribution is 2.28. The molecule has 0 heterocycles. The number of ether oxygens (including phenoxy) is 3. The van der Waals surface area contributed by atoms with E-state index in [1.165, 1.54) is 6.92 Å². The number of hydrogen-bond acceptors (Lipinski definition) is 10. The van der Waals surface area contributed by atoms with Gasteiger partial charge in [0.2, 0.25) is 0 Å². The first-order chi connectivity index (χ1) is 16.1. The average Bonchev–Trinajstić information content (AvgIpc) is 2.78. The van der Waals surface area contributed by atoms with Crippen molar-refractivity contribution in [3.8, 4) is 0 Å². The van der Waals surface area contributed by atoms with Gasteiger partial charge in [0.15, 0.2) is 0 Å². The zero-order chi connectivity index (χ0) is 26.1. The van der Waals surface area contributed by atoms with E-state index in [0.29, 0.717) is 58.3 Å². The summed E-state index contributed by atoms with van der Waals surface area (Å²) in [6.45, 7) is 7.95. The van der Waals surface area contributed by atoms with Crippen molar-refractivity contribution in [2.45, 2.75) is 90.5 Å². The van der Waals surface area contributed by atoms with Gasteiger partial charge < -0.3 is 30.2 Å². The zero-order valence-corrected chi connectivity index (χ0v) is 20.6. The maximum absolute atomic E-state index is 11.4. The summed E-state index contributed by atoms with van der Waals surface area (Å²) in [6.07, 6.45) is 2.20. The number of esters is 3. The highest BCUT2D eigenvalue weighted by atomic mass is 16.5. The van der Waals surface area contributed by atoms with Crippen molar-refractivity contribution < 1.29 is 38.8 Å². The lowest BCUT2D eigenvalue weighted by Crippen LogP contribution is -2.42. The third-order valence-corrected chi connectivity index (χ3v) is 5.43. The fourth-order valence-corrected chi connectivity index (χ4v) is 3.66. The Bertz CT molecular complexity index is 671. The number of carbonyl (C=O) groups is 3. The molecule has 4 N–H and O–H groups in total. The molecule has 2 rings (SSSR count). The maximum Gasteiger partial charge on any atom is 0.308 e. The van der Waals surface area contributed by atoms with Crippen LogP contribution in [0.3, 0.4) is 0 Å². The van der Waals surface area contributed by atoms with Gasteiger partial charge in [0.25, 0.3) is 0 Å². The standard InChI is InChI=1S/C9H15N3O3.C9H17NO3.C4H8O2/c1-2-15-9(14)6-3-4-8(13)7(5-6)11-12-10;1-2-13-9(12)6-3-4-8(11)7(10)5-6;1-3-6-4(2)5/h6-8,13H,2-5H2,1H3;6-8,11H,2-5,10H2,1H3;3H2,1-2H3/t2*6-,7+,8+;/m00./s1. The molecular formula is C22H40N4O8. The fraction of sp³-hybridized carbons (Fsp3) is 0.864. The normalized spacial score (nSPS) is 27.9. The minimum atomic E-state index is -0.633. The first kappa shape index (κ1) is 31.6. The number of rotatable bonds is 6. The Hall–Kier alpha value is -2.40. The van der Waals surface area contributed by atoms with E-state index in [1.807, 2.05) is 0 Å². The van der Waals surface area contributed by atoms with Crippen molar-refractivity contribution in [3.63, 3.8) is 0 Å². The molecule has 0 unspecified atom stereocenters. The SMILES string of the molecule is CCOC(=O)[C@H]1CC[C@@H](O)[C@H](N)C1.CCOC(=O)[C@H]1CC[C@@H](O)[C@H](N=[N+]=[N-])C1.CCOC(C)=O. The van der Waals surface area contributed by atoms with E-state index in [0.717, 1.165) is 0 Å². The summed E-state index contributed by atoms with van der Waals surface area (Å²) in [5.74, 6) is -1.01. The number of nitrogens with zero attached hydrogens (tertiary/aromatic N) is 3. The lowest BCUT2D eigenvalue weighted by molar-refractivity contribution is -0.151. The first-order valence-electron chi connectivity index (χ1n) is 11.7. The minimum absolute atomic E-state index is 0.113. The average molecular weight is 489 g/mol. The molecule has 0 spiro atoms. The molecule has 0 aliphatic heterocycles. The van der Waals surface area contributed by atoms with E-state index in [4.69, 9.17) is 20.7 Å². The Balaban J connectivity index is 0.000000524. The smallest absolute Gasteiger partial charge is 0.308 e. The molecule has 0 aromatic heterocycles. The van der Waals surface area contributed by atoms with Gasteiger partial charge in [-0.2, -0.15) is 0 Å². The van der Waals surface area contributed by atoms with Gasteiger partial charge >= 0.3 is 17.9 Å². The van der Waals surface area contributed by atoms with E-state index < -0.39 is 18.2 Å². The Morgan fingerprint density at radius 2 is 1.35 bits per heavy atom. The van der Waals surface area contributed by atoms with Gasteiger partial charge in [-0.15, -0.1) is 0 Å². The van der Waals surface area contributed by atoms with Crippen LogP contribution in [0.5, 0.6) is 0 Å². The van der Waals surface area contributed by atoms with E-state index >= 15 is 0 Å². The van der Waals surface area contributed by atoms with Crippen molar-refractivity contribution in [1.29, 1.82) is 0 Å². The second-order valence-corrected chi connectivity index (χ2v) is 8.02. The number of azide groups is 1. The third-order valence-electron chi connectivity index (χ3n) is 5.43. The second kappa shape index (κ2) is 18.0. The van der Waals surface area contributed by atoms with Crippen LogP contribution < -0.4 is 5.73 Å². The van der Waals surface area contributed by atoms with E-state index in [9.17, 15) is 24.6 Å². The predicted molar refractivity (Wildman–Crippen MR) is 123 cm³/mol. The molecule has 6 atom stereocenters. The highest BCUT2D eigenvalue weighted by molar-refractivity contribution is 5.73. The van der Waals surface area contributed by atoms with Crippen molar-refractivity contribution in [2.24, 2.45) is 22.7 Å². The van der Waals surface area contributed by atoms with Crippen LogP contribution in [0.4, 0.5) is 0 Å².